The largest absolute Gasteiger partial charge is 0.495 e. The van der Waals surface area contributed by atoms with Crippen LogP contribution in [0.25, 0.3) is 0 Å². The van der Waals surface area contributed by atoms with Crippen molar-refractivity contribution >= 4 is 23.3 Å². The van der Waals surface area contributed by atoms with Crippen LogP contribution in [0, 0.1) is 0 Å². The Kier molecular flexibility index (Phi) is 6.71. The quantitative estimate of drug-likeness (QED) is 0.852. The number of carbonyl (C=O) groups excluding carboxylic acids is 1. The van der Waals surface area contributed by atoms with Gasteiger partial charge in [0.15, 0.2) is 0 Å². The van der Waals surface area contributed by atoms with Gasteiger partial charge in [0, 0.05) is 37.2 Å². The first-order valence-electron chi connectivity index (χ1n) is 8.26. The predicted molar refractivity (Wildman–Crippen MR) is 95.9 cm³/mol. The van der Waals surface area contributed by atoms with Crippen LogP contribution >= 0.6 is 11.6 Å². The van der Waals surface area contributed by atoms with E-state index in [0.717, 1.165) is 13.0 Å². The maximum atomic E-state index is 12.6. The van der Waals surface area contributed by atoms with Crippen molar-refractivity contribution in [3.05, 3.63) is 23.2 Å². The minimum Gasteiger partial charge on any atom is -0.495 e. The average molecular weight is 356 g/mol. The second kappa shape index (κ2) is 8.55. The highest BCUT2D eigenvalue weighted by Gasteiger charge is 2.29. The fraction of sp³-hybridized carbons (Fsp3) is 0.588. The number of β-amino-alcohol motifs (C(OH)–C–C–N with tert-alkyl or cyclic N) is 1. The van der Waals surface area contributed by atoms with Gasteiger partial charge < -0.3 is 20.1 Å². The lowest BCUT2D eigenvalue weighted by molar-refractivity contribution is 0.0506. The van der Waals surface area contributed by atoms with Gasteiger partial charge in [-0.05, 0) is 31.5 Å². The number of urea groups is 1. The molecule has 0 bridgehead atoms. The number of hydrogen-bond acceptors (Lipinski definition) is 4. The number of amides is 2. The summed E-state index contributed by atoms with van der Waals surface area (Å²) in [6.07, 6.45) is 0.562. The van der Waals surface area contributed by atoms with Crippen LogP contribution in [0.15, 0.2) is 18.2 Å². The third-order valence-corrected chi connectivity index (χ3v) is 4.50. The molecular weight excluding hydrogens is 330 g/mol. The molecule has 2 N–H and O–H groups in total. The van der Waals surface area contributed by atoms with Crippen molar-refractivity contribution in [1.82, 2.24) is 9.80 Å². The molecule has 2 rings (SSSR count). The molecule has 1 aromatic rings. The number of aliphatic hydroxyl groups excluding tert-OH is 1. The molecule has 0 saturated carbocycles. The SMILES string of the molecule is CC[C@H]1CN(C(=O)Nc2cc(Cl)ccc2OC)CCN1C[C@H](C)O. The number of nitrogens with one attached hydrogen (secondary N) is 1. The van der Waals surface area contributed by atoms with Crippen molar-refractivity contribution in [2.75, 3.05) is 38.6 Å². The number of carbonyl (C=O) groups is 1. The number of aliphatic hydroxyl groups is 1. The van der Waals surface area contributed by atoms with E-state index in [2.05, 4.69) is 17.1 Å². The van der Waals surface area contributed by atoms with Gasteiger partial charge in [-0.3, -0.25) is 4.90 Å². The maximum Gasteiger partial charge on any atom is 0.322 e. The Hall–Kier alpha value is -1.50. The number of hydrogen-bond donors (Lipinski definition) is 2. The zero-order chi connectivity index (χ0) is 17.7. The standard InChI is InChI=1S/C17H26ClN3O3/c1-4-14-11-21(8-7-20(14)10-12(2)22)17(23)19-15-9-13(18)5-6-16(15)24-3/h5-6,9,12,14,22H,4,7-8,10-11H2,1-3H3,(H,19,23)/t12-,14-/m0/s1. The topological polar surface area (TPSA) is 65.0 Å². The molecule has 0 aromatic heterocycles. The number of ether oxygens (including phenoxy) is 1. The van der Waals surface area contributed by atoms with Crippen LogP contribution in [0.4, 0.5) is 10.5 Å². The third-order valence-electron chi connectivity index (χ3n) is 4.26. The number of benzene rings is 1. The molecule has 2 atom stereocenters. The van der Waals surface area contributed by atoms with Gasteiger partial charge in [-0.25, -0.2) is 4.79 Å². The highest BCUT2D eigenvalue weighted by atomic mass is 35.5. The van der Waals surface area contributed by atoms with E-state index in [4.69, 9.17) is 16.3 Å². The molecule has 1 heterocycles. The van der Waals surface area contributed by atoms with E-state index in [1.165, 1.54) is 0 Å². The summed E-state index contributed by atoms with van der Waals surface area (Å²) in [5, 5.41) is 13.0. The summed E-state index contributed by atoms with van der Waals surface area (Å²) in [6, 6.07) is 5.22. The molecule has 134 valence electrons. The smallest absolute Gasteiger partial charge is 0.322 e. The lowest BCUT2D eigenvalue weighted by Crippen LogP contribution is -2.56. The minimum atomic E-state index is -0.366. The monoisotopic (exact) mass is 355 g/mol. The first kappa shape index (κ1) is 18.8. The lowest BCUT2D eigenvalue weighted by atomic mass is 10.1. The van der Waals surface area contributed by atoms with Crippen molar-refractivity contribution in [2.24, 2.45) is 0 Å². The Morgan fingerprint density at radius 1 is 1.50 bits per heavy atom. The first-order valence-corrected chi connectivity index (χ1v) is 8.64. The Morgan fingerprint density at radius 3 is 2.88 bits per heavy atom. The molecular formula is C17H26ClN3O3. The van der Waals surface area contributed by atoms with E-state index >= 15 is 0 Å². The number of anilines is 1. The van der Waals surface area contributed by atoms with E-state index in [9.17, 15) is 9.90 Å². The normalized spacial score (nSPS) is 19.9. The molecule has 7 heteroatoms. The van der Waals surface area contributed by atoms with E-state index in [1.54, 1.807) is 37.1 Å². The van der Waals surface area contributed by atoms with Crippen molar-refractivity contribution in [3.8, 4) is 5.75 Å². The van der Waals surface area contributed by atoms with Gasteiger partial charge in [0.05, 0.1) is 18.9 Å². The highest BCUT2D eigenvalue weighted by molar-refractivity contribution is 6.31. The zero-order valence-electron chi connectivity index (χ0n) is 14.5. The van der Waals surface area contributed by atoms with Crippen molar-refractivity contribution in [3.63, 3.8) is 0 Å². The summed E-state index contributed by atoms with van der Waals surface area (Å²) in [4.78, 5) is 16.6. The predicted octanol–water partition coefficient (Wildman–Crippen LogP) is 2.66. The molecule has 1 fully saturated rings. The van der Waals surface area contributed by atoms with Crippen LogP contribution in [-0.2, 0) is 0 Å². The summed E-state index contributed by atoms with van der Waals surface area (Å²) in [7, 11) is 1.56. The fourth-order valence-corrected chi connectivity index (χ4v) is 3.19. The number of nitrogens with zero attached hydrogens (tertiary/aromatic N) is 2. The fourth-order valence-electron chi connectivity index (χ4n) is 3.02. The molecule has 1 aromatic carbocycles. The number of methoxy groups -OCH3 is 1. The van der Waals surface area contributed by atoms with Gasteiger partial charge in [0.1, 0.15) is 5.75 Å². The Balaban J connectivity index is 2.02. The van der Waals surface area contributed by atoms with Gasteiger partial charge in [-0.15, -0.1) is 0 Å². The molecule has 1 saturated heterocycles. The van der Waals surface area contributed by atoms with E-state index in [0.29, 0.717) is 36.1 Å². The van der Waals surface area contributed by atoms with Gasteiger partial charge in [0.2, 0.25) is 0 Å². The molecule has 1 aliphatic heterocycles. The van der Waals surface area contributed by atoms with E-state index in [-0.39, 0.29) is 18.2 Å². The number of rotatable bonds is 5. The second-order valence-electron chi connectivity index (χ2n) is 6.13. The molecule has 0 spiro atoms. The Labute approximate surface area is 148 Å². The average Bonchev–Trinajstić information content (AvgIpc) is 2.54. The highest BCUT2D eigenvalue weighted by Crippen LogP contribution is 2.28. The van der Waals surface area contributed by atoms with Crippen LogP contribution in [-0.4, -0.2) is 66.4 Å². The molecule has 24 heavy (non-hydrogen) atoms. The molecule has 1 aliphatic rings. The van der Waals surface area contributed by atoms with Crippen LogP contribution in [0.5, 0.6) is 5.75 Å². The lowest BCUT2D eigenvalue weighted by Gasteiger charge is -2.41. The van der Waals surface area contributed by atoms with Gasteiger partial charge in [-0.2, -0.15) is 0 Å². The number of piperazine rings is 1. The van der Waals surface area contributed by atoms with E-state index in [1.807, 2.05) is 0 Å². The van der Waals surface area contributed by atoms with E-state index < -0.39 is 0 Å². The van der Waals surface area contributed by atoms with Crippen LogP contribution in [0.3, 0.4) is 0 Å². The number of halogens is 1. The van der Waals surface area contributed by atoms with Gasteiger partial charge in [-0.1, -0.05) is 18.5 Å². The van der Waals surface area contributed by atoms with Crippen LogP contribution in [0.2, 0.25) is 5.02 Å². The second-order valence-corrected chi connectivity index (χ2v) is 6.56. The summed E-state index contributed by atoms with van der Waals surface area (Å²) in [5.41, 5.74) is 0.564. The van der Waals surface area contributed by atoms with Crippen molar-refractivity contribution < 1.29 is 14.6 Å². The molecule has 0 unspecified atom stereocenters. The van der Waals surface area contributed by atoms with Crippen LogP contribution in [0.1, 0.15) is 20.3 Å². The Morgan fingerprint density at radius 2 is 2.25 bits per heavy atom. The zero-order valence-corrected chi connectivity index (χ0v) is 15.2. The molecule has 6 nitrogen and oxygen atoms in total. The van der Waals surface area contributed by atoms with Crippen LogP contribution < -0.4 is 10.1 Å². The first-order chi connectivity index (χ1) is 11.4. The minimum absolute atomic E-state index is 0.161. The summed E-state index contributed by atoms with van der Waals surface area (Å²) < 4.78 is 5.26. The van der Waals surface area contributed by atoms with Gasteiger partial charge in [0.25, 0.3) is 0 Å². The molecule has 0 radical (unpaired) electrons. The molecule has 0 aliphatic carbocycles. The van der Waals surface area contributed by atoms with Crippen molar-refractivity contribution in [1.29, 1.82) is 0 Å². The third kappa shape index (κ3) is 4.75. The summed E-state index contributed by atoms with van der Waals surface area (Å²) >= 11 is 6.01. The van der Waals surface area contributed by atoms with Gasteiger partial charge >= 0.3 is 6.03 Å². The summed E-state index contributed by atoms with van der Waals surface area (Å²) in [5.74, 6) is 0.576. The molecule has 2 amide bonds. The van der Waals surface area contributed by atoms with Crippen molar-refractivity contribution in [2.45, 2.75) is 32.4 Å². The Bertz CT molecular complexity index is 568. The summed E-state index contributed by atoms with van der Waals surface area (Å²) in [6.45, 7) is 6.54. The maximum absolute atomic E-state index is 12.6.